The molecule has 1 N–H and O–H groups in total. The van der Waals surface area contributed by atoms with E-state index in [9.17, 15) is 23.5 Å². The predicted octanol–water partition coefficient (Wildman–Crippen LogP) is 3.34. The monoisotopic (exact) mass is 458 g/mol. The molecule has 5 rings (SSSR count). The number of likely N-dealkylation sites (N-methyl/N-ethyl adjacent to an activating group) is 1. The summed E-state index contributed by atoms with van der Waals surface area (Å²) in [5.74, 6) is -2.29. The van der Waals surface area contributed by atoms with Crippen molar-refractivity contribution in [1.82, 2.24) is 19.7 Å². The van der Waals surface area contributed by atoms with E-state index >= 15 is 0 Å². The smallest absolute Gasteiger partial charge is 0.275 e. The summed E-state index contributed by atoms with van der Waals surface area (Å²) >= 11 is 1.09. The molecular formula is C22H20F2N4O3S. The van der Waals surface area contributed by atoms with Gasteiger partial charge < -0.3 is 14.6 Å². The minimum Gasteiger partial charge on any atom is -0.503 e. The van der Waals surface area contributed by atoms with Crippen LogP contribution in [0, 0.1) is 11.6 Å². The van der Waals surface area contributed by atoms with E-state index in [0.717, 1.165) is 36.7 Å². The number of hydrogen-bond donors (Lipinski definition) is 1. The van der Waals surface area contributed by atoms with E-state index in [4.69, 9.17) is 0 Å². The van der Waals surface area contributed by atoms with Crippen molar-refractivity contribution in [2.45, 2.75) is 44.7 Å². The van der Waals surface area contributed by atoms with E-state index in [1.54, 1.807) is 15.7 Å². The van der Waals surface area contributed by atoms with Crippen molar-refractivity contribution in [3.8, 4) is 16.3 Å². The number of nitrogens with zero attached hydrogens (tertiary/aromatic N) is 4. The number of fused-ring (bicyclic) bond motifs is 1. The summed E-state index contributed by atoms with van der Waals surface area (Å²) in [6.45, 7) is 2.90. The van der Waals surface area contributed by atoms with Crippen molar-refractivity contribution in [1.29, 1.82) is 0 Å². The van der Waals surface area contributed by atoms with Crippen molar-refractivity contribution >= 4 is 17.2 Å². The summed E-state index contributed by atoms with van der Waals surface area (Å²) in [5, 5.41) is 19.4. The van der Waals surface area contributed by atoms with Crippen molar-refractivity contribution < 1.29 is 18.7 Å². The maximum Gasteiger partial charge on any atom is 0.275 e. The van der Waals surface area contributed by atoms with Crippen LogP contribution in [0.3, 0.4) is 0 Å². The Bertz CT molecular complexity index is 1300. The number of carbonyl (C=O) groups excluding carboxylic acids is 1. The quantitative estimate of drug-likeness (QED) is 0.648. The molecule has 0 radical (unpaired) electrons. The highest BCUT2D eigenvalue weighted by Crippen LogP contribution is 2.43. The number of carbonyl (C=O) groups is 1. The van der Waals surface area contributed by atoms with Crippen molar-refractivity contribution in [3.05, 3.63) is 62.5 Å². The van der Waals surface area contributed by atoms with Gasteiger partial charge >= 0.3 is 0 Å². The summed E-state index contributed by atoms with van der Waals surface area (Å²) in [6.07, 6.45) is 4.43. The molecule has 0 bridgehead atoms. The first kappa shape index (κ1) is 20.7. The SMILES string of the molecule is CCN1C(=O)c2c(O)c(=O)c(-c3nnc(Cc4ccc(F)cc4F)s3)cn2CC12CCC2. The number of pyridine rings is 1. The van der Waals surface area contributed by atoms with Gasteiger partial charge in [-0.3, -0.25) is 9.59 Å². The molecule has 7 nitrogen and oxygen atoms in total. The average Bonchev–Trinajstić information content (AvgIpc) is 3.19. The zero-order chi connectivity index (χ0) is 22.6. The van der Waals surface area contributed by atoms with Crippen LogP contribution in [0.25, 0.3) is 10.6 Å². The second-order valence-electron chi connectivity index (χ2n) is 8.24. The standard InChI is InChI=1S/C22H20F2N4O3S/c1-2-28-21(31)17-19(30)18(29)14(10-27(17)11-22(28)6-3-7-22)20-26-25-16(32-20)8-12-4-5-13(23)9-15(12)24/h4-5,9-10,30H,2-3,6-8,11H2,1H3. The van der Waals surface area contributed by atoms with E-state index in [1.165, 1.54) is 12.1 Å². The molecule has 166 valence electrons. The minimum absolute atomic E-state index is 0.00347. The lowest BCUT2D eigenvalue weighted by molar-refractivity contribution is -0.00370. The van der Waals surface area contributed by atoms with Gasteiger partial charge in [0.15, 0.2) is 16.5 Å². The number of halogens is 2. The molecule has 3 aromatic rings. The molecule has 1 amide bonds. The lowest BCUT2D eigenvalue weighted by Crippen LogP contribution is -2.62. The molecule has 1 aliphatic heterocycles. The van der Waals surface area contributed by atoms with Gasteiger partial charge in [-0.05, 0) is 37.8 Å². The number of rotatable bonds is 4. The first-order valence-electron chi connectivity index (χ1n) is 10.4. The zero-order valence-electron chi connectivity index (χ0n) is 17.3. The molecule has 3 heterocycles. The van der Waals surface area contributed by atoms with Crippen LogP contribution in [-0.4, -0.2) is 42.8 Å². The summed E-state index contributed by atoms with van der Waals surface area (Å²) in [6, 6.07) is 3.31. The number of aromatic nitrogens is 3. The summed E-state index contributed by atoms with van der Waals surface area (Å²) in [4.78, 5) is 27.7. The Hall–Kier alpha value is -3.14. The van der Waals surface area contributed by atoms with Crippen LogP contribution >= 0.6 is 11.3 Å². The van der Waals surface area contributed by atoms with Gasteiger partial charge in [0.25, 0.3) is 5.91 Å². The molecule has 2 aromatic heterocycles. The fourth-order valence-electron chi connectivity index (χ4n) is 4.65. The molecule has 32 heavy (non-hydrogen) atoms. The Morgan fingerprint density at radius 2 is 2.00 bits per heavy atom. The lowest BCUT2D eigenvalue weighted by Gasteiger charge is -2.53. The van der Waals surface area contributed by atoms with E-state index in [-0.39, 0.29) is 39.7 Å². The second-order valence-corrected chi connectivity index (χ2v) is 9.30. The van der Waals surface area contributed by atoms with Crippen molar-refractivity contribution in [3.63, 3.8) is 0 Å². The molecular weight excluding hydrogens is 438 g/mol. The van der Waals surface area contributed by atoms with Gasteiger partial charge in [-0.25, -0.2) is 8.78 Å². The van der Waals surface area contributed by atoms with Gasteiger partial charge in [-0.2, -0.15) is 0 Å². The molecule has 0 saturated heterocycles. The minimum atomic E-state index is -0.694. The van der Waals surface area contributed by atoms with Crippen LogP contribution in [0.5, 0.6) is 5.75 Å². The van der Waals surface area contributed by atoms with E-state index in [1.807, 2.05) is 6.92 Å². The van der Waals surface area contributed by atoms with Gasteiger partial charge in [-0.15, -0.1) is 10.2 Å². The molecule has 0 unspecified atom stereocenters. The normalized spacial score (nSPS) is 16.8. The van der Waals surface area contributed by atoms with Gasteiger partial charge in [0.05, 0.1) is 11.1 Å². The maximum atomic E-state index is 14.0. The van der Waals surface area contributed by atoms with Crippen molar-refractivity contribution in [2.24, 2.45) is 0 Å². The Morgan fingerprint density at radius 3 is 2.66 bits per heavy atom. The molecule has 1 saturated carbocycles. The second kappa shape index (κ2) is 7.47. The average molecular weight is 458 g/mol. The summed E-state index contributed by atoms with van der Waals surface area (Å²) < 4.78 is 28.8. The van der Waals surface area contributed by atoms with Gasteiger partial charge in [0.2, 0.25) is 5.43 Å². The lowest BCUT2D eigenvalue weighted by atomic mass is 9.73. The van der Waals surface area contributed by atoms with E-state index in [2.05, 4.69) is 10.2 Å². The fourth-order valence-corrected chi connectivity index (χ4v) is 5.52. The number of hydrogen-bond acceptors (Lipinski definition) is 6. The molecule has 1 fully saturated rings. The molecule has 1 spiro atoms. The first-order chi connectivity index (χ1) is 15.3. The predicted molar refractivity (Wildman–Crippen MR) is 114 cm³/mol. The van der Waals surface area contributed by atoms with Gasteiger partial charge in [-0.1, -0.05) is 17.4 Å². The first-order valence-corrected chi connectivity index (χ1v) is 11.2. The largest absolute Gasteiger partial charge is 0.503 e. The van der Waals surface area contributed by atoms with Crippen LogP contribution in [0.15, 0.2) is 29.2 Å². The van der Waals surface area contributed by atoms with Gasteiger partial charge in [0.1, 0.15) is 16.6 Å². The number of amides is 1. The molecule has 10 heteroatoms. The van der Waals surface area contributed by atoms with Gasteiger partial charge in [0, 0.05) is 31.8 Å². The highest BCUT2D eigenvalue weighted by Gasteiger charge is 2.49. The molecule has 0 atom stereocenters. The highest BCUT2D eigenvalue weighted by atomic mass is 32.1. The van der Waals surface area contributed by atoms with Crippen LogP contribution in [0.1, 0.15) is 47.2 Å². The van der Waals surface area contributed by atoms with E-state index in [0.29, 0.717) is 18.1 Å². The Kier molecular flexibility index (Phi) is 4.85. The Balaban J connectivity index is 1.52. The molecule has 2 aliphatic rings. The Labute approximate surface area is 186 Å². The summed E-state index contributed by atoms with van der Waals surface area (Å²) in [5.41, 5.74) is -0.584. The van der Waals surface area contributed by atoms with Crippen LogP contribution in [-0.2, 0) is 13.0 Å². The van der Waals surface area contributed by atoms with Crippen LogP contribution in [0.4, 0.5) is 8.78 Å². The topological polar surface area (TPSA) is 88.3 Å². The highest BCUT2D eigenvalue weighted by molar-refractivity contribution is 7.14. The number of benzene rings is 1. The third-order valence-corrected chi connectivity index (χ3v) is 7.35. The molecule has 1 aliphatic carbocycles. The third kappa shape index (κ3) is 3.12. The zero-order valence-corrected chi connectivity index (χ0v) is 18.1. The Morgan fingerprint density at radius 1 is 1.22 bits per heavy atom. The fraction of sp³-hybridized carbons (Fsp3) is 0.364. The van der Waals surface area contributed by atoms with Crippen LogP contribution in [0.2, 0.25) is 0 Å². The van der Waals surface area contributed by atoms with Crippen LogP contribution < -0.4 is 5.43 Å². The summed E-state index contributed by atoms with van der Waals surface area (Å²) in [7, 11) is 0. The van der Waals surface area contributed by atoms with Crippen molar-refractivity contribution in [2.75, 3.05) is 6.54 Å². The van der Waals surface area contributed by atoms with E-state index < -0.39 is 22.8 Å². The third-order valence-electron chi connectivity index (χ3n) is 6.40. The number of aromatic hydroxyl groups is 1. The maximum absolute atomic E-state index is 14.0. The molecule has 1 aromatic carbocycles.